The number of rotatable bonds is 1. The van der Waals surface area contributed by atoms with Gasteiger partial charge in [-0.05, 0) is 6.08 Å². The molecule has 0 aromatic heterocycles. The maximum atomic E-state index is 10.6. The third-order valence-electron chi connectivity index (χ3n) is 2.08. The largest absolute Gasteiger partial charge is 0.477 e. The number of nitrogens with zero attached hydrogens (tertiary/aromatic N) is 2. The molecule has 0 unspecified atom stereocenters. The van der Waals surface area contributed by atoms with Crippen molar-refractivity contribution in [3.05, 3.63) is 11.8 Å². The Kier molecular flexibility index (Phi) is 2.02. The van der Waals surface area contributed by atoms with Crippen LogP contribution in [0.5, 0.6) is 0 Å². The van der Waals surface area contributed by atoms with Crippen molar-refractivity contribution < 1.29 is 14.6 Å². The first-order chi connectivity index (χ1) is 6.27. The first-order valence-electron chi connectivity index (χ1n) is 4.11. The van der Waals surface area contributed by atoms with Gasteiger partial charge in [0, 0.05) is 13.1 Å². The Morgan fingerprint density at radius 3 is 3.31 bits per heavy atom. The average molecular weight is 182 g/mol. The van der Waals surface area contributed by atoms with Gasteiger partial charge in [-0.2, -0.15) is 0 Å². The lowest BCUT2D eigenvalue weighted by molar-refractivity contribution is -0.132. The highest BCUT2D eigenvalue weighted by Gasteiger charge is 2.21. The molecule has 1 saturated heterocycles. The van der Waals surface area contributed by atoms with Crippen LogP contribution in [0, 0.1) is 0 Å². The number of aliphatic carboxylic acids is 1. The minimum Gasteiger partial charge on any atom is -0.477 e. The van der Waals surface area contributed by atoms with Gasteiger partial charge in [0.1, 0.15) is 18.1 Å². The van der Waals surface area contributed by atoms with Crippen LogP contribution in [0.3, 0.4) is 0 Å². The number of hydrogen-bond acceptors (Lipinski definition) is 4. The van der Waals surface area contributed by atoms with E-state index in [1.54, 1.807) is 6.08 Å². The number of morpholine rings is 1. The molecule has 0 amide bonds. The molecule has 1 N–H and O–H groups in total. The van der Waals surface area contributed by atoms with Crippen molar-refractivity contribution in [2.45, 2.75) is 0 Å². The van der Waals surface area contributed by atoms with Crippen molar-refractivity contribution in [1.82, 2.24) is 4.90 Å². The fraction of sp³-hybridized carbons (Fsp3) is 0.500. The summed E-state index contributed by atoms with van der Waals surface area (Å²) in [5.74, 6) is -0.246. The molecule has 2 aliphatic heterocycles. The Morgan fingerprint density at radius 1 is 1.69 bits per heavy atom. The van der Waals surface area contributed by atoms with Crippen LogP contribution in [-0.4, -0.2) is 48.1 Å². The summed E-state index contributed by atoms with van der Waals surface area (Å²) < 4.78 is 5.17. The molecular weight excluding hydrogens is 172 g/mol. The molecule has 0 spiro atoms. The molecule has 2 rings (SSSR count). The maximum absolute atomic E-state index is 10.6. The third kappa shape index (κ3) is 1.55. The lowest BCUT2D eigenvalue weighted by Crippen LogP contribution is -2.43. The predicted molar refractivity (Wildman–Crippen MR) is 45.5 cm³/mol. The number of carbonyl (C=O) groups is 1. The van der Waals surface area contributed by atoms with Crippen LogP contribution >= 0.6 is 0 Å². The number of amidine groups is 1. The smallest absolute Gasteiger partial charge is 0.354 e. The lowest BCUT2D eigenvalue weighted by Gasteiger charge is -2.31. The quantitative estimate of drug-likeness (QED) is 0.604. The standard InChI is InChI=1S/C8H10N2O3/c11-8(12)6-1-2-10-3-4-13-5-7(10)9-6/h1H,2-5H2,(H,11,12). The van der Waals surface area contributed by atoms with Crippen molar-refractivity contribution >= 4 is 11.8 Å². The van der Waals surface area contributed by atoms with E-state index in [1.165, 1.54) is 0 Å². The second-order valence-electron chi connectivity index (χ2n) is 2.92. The molecule has 70 valence electrons. The van der Waals surface area contributed by atoms with Gasteiger partial charge in [0.15, 0.2) is 0 Å². The van der Waals surface area contributed by atoms with Gasteiger partial charge in [-0.15, -0.1) is 0 Å². The van der Waals surface area contributed by atoms with Crippen LogP contribution in [-0.2, 0) is 9.53 Å². The van der Waals surface area contributed by atoms with Gasteiger partial charge in [-0.1, -0.05) is 0 Å². The minimum atomic E-state index is -0.974. The van der Waals surface area contributed by atoms with Gasteiger partial charge in [-0.3, -0.25) is 0 Å². The summed E-state index contributed by atoms with van der Waals surface area (Å²) in [6, 6.07) is 0. The van der Waals surface area contributed by atoms with E-state index in [-0.39, 0.29) is 5.70 Å². The molecular formula is C8H10N2O3. The minimum absolute atomic E-state index is 0.122. The van der Waals surface area contributed by atoms with E-state index in [0.29, 0.717) is 19.8 Å². The van der Waals surface area contributed by atoms with Crippen LogP contribution in [0.4, 0.5) is 0 Å². The molecule has 5 nitrogen and oxygen atoms in total. The monoisotopic (exact) mass is 182 g/mol. The summed E-state index contributed by atoms with van der Waals surface area (Å²) in [5.41, 5.74) is 0.122. The van der Waals surface area contributed by atoms with Gasteiger partial charge in [-0.25, -0.2) is 9.79 Å². The number of carboxylic acid groups (broad SMARTS) is 1. The fourth-order valence-electron chi connectivity index (χ4n) is 1.37. The Labute approximate surface area is 75.3 Å². The Hall–Kier alpha value is -1.36. The molecule has 0 saturated carbocycles. The molecule has 1 fully saturated rings. The molecule has 0 aromatic rings. The van der Waals surface area contributed by atoms with Crippen molar-refractivity contribution in [3.8, 4) is 0 Å². The predicted octanol–water partition coefficient (Wildman–Crippen LogP) is -0.301. The Balaban J connectivity index is 2.18. The summed E-state index contributed by atoms with van der Waals surface area (Å²) in [7, 11) is 0. The lowest BCUT2D eigenvalue weighted by atomic mass is 10.3. The van der Waals surface area contributed by atoms with E-state index < -0.39 is 5.97 Å². The van der Waals surface area contributed by atoms with Gasteiger partial charge >= 0.3 is 5.97 Å². The summed E-state index contributed by atoms with van der Waals surface area (Å²) in [4.78, 5) is 16.6. The van der Waals surface area contributed by atoms with E-state index in [1.807, 2.05) is 4.90 Å². The zero-order valence-electron chi connectivity index (χ0n) is 7.06. The van der Waals surface area contributed by atoms with Gasteiger partial charge < -0.3 is 14.7 Å². The molecule has 0 bridgehead atoms. The third-order valence-corrected chi connectivity index (χ3v) is 2.08. The molecule has 0 aromatic carbocycles. The van der Waals surface area contributed by atoms with Gasteiger partial charge in [0.25, 0.3) is 0 Å². The van der Waals surface area contributed by atoms with E-state index in [0.717, 1.165) is 12.4 Å². The van der Waals surface area contributed by atoms with Crippen molar-refractivity contribution in [2.24, 2.45) is 4.99 Å². The number of fused-ring (bicyclic) bond motifs is 1. The number of hydrogen-bond donors (Lipinski definition) is 1. The zero-order chi connectivity index (χ0) is 9.26. The van der Waals surface area contributed by atoms with E-state index in [2.05, 4.69) is 4.99 Å². The van der Waals surface area contributed by atoms with Crippen LogP contribution in [0.15, 0.2) is 16.8 Å². The zero-order valence-corrected chi connectivity index (χ0v) is 7.06. The van der Waals surface area contributed by atoms with Crippen LogP contribution in [0.1, 0.15) is 0 Å². The number of carboxylic acids is 1. The summed E-state index contributed by atoms with van der Waals surface area (Å²) in [5, 5.41) is 8.69. The first kappa shape index (κ1) is 8.25. The van der Waals surface area contributed by atoms with Crippen LogP contribution < -0.4 is 0 Å². The fourth-order valence-corrected chi connectivity index (χ4v) is 1.37. The first-order valence-corrected chi connectivity index (χ1v) is 4.11. The highest BCUT2D eigenvalue weighted by Crippen LogP contribution is 2.11. The highest BCUT2D eigenvalue weighted by atomic mass is 16.5. The summed E-state index contributed by atoms with van der Waals surface area (Å²) >= 11 is 0. The average Bonchev–Trinajstić information content (AvgIpc) is 2.17. The summed E-state index contributed by atoms with van der Waals surface area (Å²) in [6.07, 6.45) is 1.62. The molecule has 2 heterocycles. The van der Waals surface area contributed by atoms with E-state index in [9.17, 15) is 4.79 Å². The van der Waals surface area contributed by atoms with Crippen molar-refractivity contribution in [3.63, 3.8) is 0 Å². The Bertz CT molecular complexity index is 296. The van der Waals surface area contributed by atoms with Crippen LogP contribution in [0.25, 0.3) is 0 Å². The SMILES string of the molecule is O=C(O)C1=CCN2CCOCC2=N1. The second kappa shape index (κ2) is 3.18. The Morgan fingerprint density at radius 2 is 2.54 bits per heavy atom. The second-order valence-corrected chi connectivity index (χ2v) is 2.92. The number of aliphatic imine (C=N–C) groups is 1. The molecule has 13 heavy (non-hydrogen) atoms. The van der Waals surface area contributed by atoms with Crippen LogP contribution in [0.2, 0.25) is 0 Å². The molecule has 2 aliphatic rings. The molecule has 0 aliphatic carbocycles. The van der Waals surface area contributed by atoms with Gasteiger partial charge in [0.05, 0.1) is 6.61 Å². The van der Waals surface area contributed by atoms with Gasteiger partial charge in [0.2, 0.25) is 0 Å². The van der Waals surface area contributed by atoms with E-state index >= 15 is 0 Å². The van der Waals surface area contributed by atoms with E-state index in [4.69, 9.17) is 9.84 Å². The van der Waals surface area contributed by atoms with Crippen molar-refractivity contribution in [1.29, 1.82) is 0 Å². The maximum Gasteiger partial charge on any atom is 0.354 e. The molecule has 0 atom stereocenters. The topological polar surface area (TPSA) is 62.1 Å². The van der Waals surface area contributed by atoms with Crippen molar-refractivity contribution in [2.75, 3.05) is 26.3 Å². The highest BCUT2D eigenvalue weighted by molar-refractivity contribution is 5.94. The summed E-state index contributed by atoms with van der Waals surface area (Å²) in [6.45, 7) is 2.53. The normalized spacial score (nSPS) is 21.7. The molecule has 5 heteroatoms. The number of ether oxygens (including phenoxy) is 1. The molecule has 0 radical (unpaired) electrons.